The van der Waals surface area contributed by atoms with Gasteiger partial charge < -0.3 is 15.5 Å². The van der Waals surface area contributed by atoms with E-state index in [1.807, 2.05) is 0 Å². The Labute approximate surface area is 223 Å². The molecule has 9 nitrogen and oxygen atoms in total. The van der Waals surface area contributed by atoms with Gasteiger partial charge in [-0.3, -0.25) is 9.59 Å². The van der Waals surface area contributed by atoms with Crippen LogP contribution in [0.25, 0.3) is 10.8 Å². The van der Waals surface area contributed by atoms with Gasteiger partial charge >= 0.3 is 12.4 Å². The van der Waals surface area contributed by atoms with Crippen LogP contribution in [0.5, 0.6) is 0 Å². The van der Waals surface area contributed by atoms with Crippen LogP contribution in [0.4, 0.5) is 32.2 Å². The van der Waals surface area contributed by atoms with Crippen LogP contribution in [-0.2, 0) is 22.0 Å². The van der Waals surface area contributed by atoms with E-state index >= 15 is 0 Å². The number of hydroxylamine groups is 1. The highest BCUT2D eigenvalue weighted by Crippen LogP contribution is 2.38. The van der Waals surface area contributed by atoms with Crippen LogP contribution in [0.2, 0.25) is 0 Å². The van der Waals surface area contributed by atoms with Crippen molar-refractivity contribution in [2.45, 2.75) is 44.2 Å². The molecule has 3 aromatic rings. The van der Waals surface area contributed by atoms with Crippen molar-refractivity contribution in [3.05, 3.63) is 69.5 Å². The van der Waals surface area contributed by atoms with Gasteiger partial charge in [0.25, 0.3) is 5.56 Å². The minimum atomic E-state index is -4.98. The molecule has 0 spiro atoms. The van der Waals surface area contributed by atoms with E-state index in [4.69, 9.17) is 4.84 Å². The molecule has 4 N–H and O–H groups in total. The lowest BCUT2D eigenvalue weighted by molar-refractivity contribution is -0.143. The van der Waals surface area contributed by atoms with Crippen molar-refractivity contribution in [3.63, 3.8) is 0 Å². The second-order valence-corrected chi connectivity index (χ2v) is 8.92. The summed E-state index contributed by atoms with van der Waals surface area (Å²) in [6.07, 6.45) is -9.98. The number of benzene rings is 2. The quantitative estimate of drug-likeness (QED) is 0.208. The van der Waals surface area contributed by atoms with Crippen molar-refractivity contribution >= 4 is 28.4 Å². The van der Waals surface area contributed by atoms with Crippen molar-refractivity contribution in [2.75, 3.05) is 18.4 Å². The van der Waals surface area contributed by atoms with Crippen LogP contribution < -0.4 is 21.7 Å². The highest BCUT2D eigenvalue weighted by molar-refractivity contribution is 5.90. The molecule has 0 saturated carbocycles. The Morgan fingerprint density at radius 1 is 0.950 bits per heavy atom. The zero-order chi connectivity index (χ0) is 28.9. The number of unbranched alkanes of at least 4 members (excludes halogenated alkanes) is 1. The third-order valence-corrected chi connectivity index (χ3v) is 5.97. The number of alkyl halides is 6. The average Bonchev–Trinajstić information content (AvgIpc) is 3.39. The van der Waals surface area contributed by atoms with Gasteiger partial charge in [-0.2, -0.15) is 31.4 Å². The van der Waals surface area contributed by atoms with Crippen LogP contribution in [0.1, 0.15) is 48.5 Å². The largest absolute Gasteiger partial charge is 0.416 e. The molecule has 214 valence electrons. The minimum absolute atomic E-state index is 0.00701. The normalized spacial score (nSPS) is 15.6. The first-order valence-corrected chi connectivity index (χ1v) is 12.2. The zero-order valence-electron chi connectivity index (χ0n) is 20.7. The highest BCUT2D eigenvalue weighted by Gasteiger charge is 2.38. The lowest BCUT2D eigenvalue weighted by Crippen LogP contribution is -2.25. The summed E-state index contributed by atoms with van der Waals surface area (Å²) in [6.45, 7) is 0.918. The number of H-pyrrole nitrogens is 1. The number of aliphatic imine (C=N–C) groups is 1. The Kier molecular flexibility index (Phi) is 8.61. The van der Waals surface area contributed by atoms with Gasteiger partial charge in [0.15, 0.2) is 12.0 Å². The lowest BCUT2D eigenvalue weighted by Gasteiger charge is -2.15. The number of halogens is 6. The summed E-state index contributed by atoms with van der Waals surface area (Å²) >= 11 is 0. The molecule has 1 aromatic heterocycles. The van der Waals surface area contributed by atoms with Crippen molar-refractivity contribution in [1.82, 2.24) is 21.0 Å². The van der Waals surface area contributed by atoms with Crippen LogP contribution in [0, 0.1) is 0 Å². The van der Waals surface area contributed by atoms with Gasteiger partial charge in [0.1, 0.15) is 0 Å². The molecular formula is C25H24F6N6O3. The summed E-state index contributed by atoms with van der Waals surface area (Å²) in [5.41, 5.74) is -1.28. The number of aromatic amines is 1. The Hall–Kier alpha value is -4.14. The molecule has 0 aliphatic carbocycles. The predicted molar refractivity (Wildman–Crippen MR) is 133 cm³/mol. The Bertz CT molecular complexity index is 1420. The van der Waals surface area contributed by atoms with E-state index in [-0.39, 0.29) is 41.8 Å². The average molecular weight is 570 g/mol. The molecule has 0 bridgehead atoms. The van der Waals surface area contributed by atoms with E-state index in [0.717, 1.165) is 0 Å². The summed E-state index contributed by atoms with van der Waals surface area (Å²) in [5.74, 6) is 0.202. The summed E-state index contributed by atoms with van der Waals surface area (Å²) in [4.78, 5) is 33.0. The molecule has 0 saturated heterocycles. The predicted octanol–water partition coefficient (Wildman–Crippen LogP) is 4.68. The van der Waals surface area contributed by atoms with E-state index in [1.54, 1.807) is 24.3 Å². The molecule has 1 atom stereocenters. The second-order valence-electron chi connectivity index (χ2n) is 8.92. The van der Waals surface area contributed by atoms with Crippen LogP contribution in [0.15, 0.2) is 52.3 Å². The van der Waals surface area contributed by atoms with Crippen LogP contribution in [0.3, 0.4) is 0 Å². The molecule has 0 radical (unpaired) electrons. The highest BCUT2D eigenvalue weighted by atomic mass is 19.4. The molecule has 1 amide bonds. The number of aromatic nitrogens is 2. The van der Waals surface area contributed by atoms with E-state index < -0.39 is 29.6 Å². The molecule has 1 unspecified atom stereocenters. The van der Waals surface area contributed by atoms with Gasteiger partial charge in [-0.25, -0.2) is 10.1 Å². The number of hydrogen-bond acceptors (Lipinski definition) is 7. The second kappa shape index (κ2) is 11.9. The van der Waals surface area contributed by atoms with E-state index in [9.17, 15) is 35.9 Å². The molecule has 1 aliphatic rings. The SMILES string of the molecule is O=C(CCC1=NC(c2cc(C(F)(F)F)cc(C(F)(F)F)c2)NO1)NCCCCNc1n[nH]c(=O)c2ccccc12. The summed E-state index contributed by atoms with van der Waals surface area (Å²) in [7, 11) is 0. The van der Waals surface area contributed by atoms with Gasteiger partial charge in [-0.05, 0) is 42.7 Å². The van der Waals surface area contributed by atoms with Crippen molar-refractivity contribution in [1.29, 1.82) is 0 Å². The van der Waals surface area contributed by atoms with E-state index in [1.165, 1.54) is 0 Å². The summed E-state index contributed by atoms with van der Waals surface area (Å²) in [6, 6.07) is 8.22. The van der Waals surface area contributed by atoms with Crippen molar-refractivity contribution < 1.29 is 36.0 Å². The number of fused-ring (bicyclic) bond motifs is 1. The van der Waals surface area contributed by atoms with Crippen LogP contribution in [-0.4, -0.2) is 35.1 Å². The molecule has 2 heterocycles. The number of anilines is 1. The van der Waals surface area contributed by atoms with E-state index in [0.29, 0.717) is 54.7 Å². The Morgan fingerprint density at radius 2 is 1.60 bits per heavy atom. The Balaban J connectivity index is 1.21. The summed E-state index contributed by atoms with van der Waals surface area (Å²) < 4.78 is 78.7. The fourth-order valence-electron chi connectivity index (χ4n) is 3.96. The van der Waals surface area contributed by atoms with Gasteiger partial charge in [0, 0.05) is 31.3 Å². The van der Waals surface area contributed by atoms with Crippen LogP contribution >= 0.6 is 0 Å². The number of nitrogens with zero attached hydrogens (tertiary/aromatic N) is 2. The number of hydrogen-bond donors (Lipinski definition) is 4. The molecule has 2 aromatic carbocycles. The maximum Gasteiger partial charge on any atom is 0.416 e. The third-order valence-electron chi connectivity index (χ3n) is 5.97. The number of carbonyl (C=O) groups excluding carboxylic acids is 1. The topological polar surface area (TPSA) is 120 Å². The van der Waals surface area contributed by atoms with E-state index in [2.05, 4.69) is 31.3 Å². The van der Waals surface area contributed by atoms with Crippen molar-refractivity contribution in [3.8, 4) is 0 Å². The molecule has 15 heteroatoms. The third kappa shape index (κ3) is 7.28. The maximum atomic E-state index is 13.1. The monoisotopic (exact) mass is 570 g/mol. The molecule has 1 aliphatic heterocycles. The smallest absolute Gasteiger partial charge is 0.391 e. The lowest BCUT2D eigenvalue weighted by atomic mass is 10.0. The number of nitrogens with one attached hydrogen (secondary N) is 4. The fourth-order valence-corrected chi connectivity index (χ4v) is 3.96. The minimum Gasteiger partial charge on any atom is -0.391 e. The number of rotatable bonds is 10. The van der Waals surface area contributed by atoms with Crippen molar-refractivity contribution in [2.24, 2.45) is 4.99 Å². The number of amides is 1. The van der Waals surface area contributed by atoms with Gasteiger partial charge in [0.2, 0.25) is 11.8 Å². The first-order chi connectivity index (χ1) is 18.9. The fraction of sp³-hybridized carbons (Fsp3) is 0.360. The van der Waals surface area contributed by atoms with Gasteiger partial charge in [-0.15, -0.1) is 5.48 Å². The standard InChI is InChI=1S/C25H24F6N6O3/c26-24(27,28)15-11-14(12-16(13-15)25(29,30)31)21-34-20(40-37-21)8-7-19(38)32-9-3-4-10-33-22-17-5-1-2-6-18(17)23(39)36-35-22/h1-2,5-6,11-13,21,37H,3-4,7-10H2,(H,32,38)(H,33,35)(H,36,39). The molecule has 40 heavy (non-hydrogen) atoms. The first-order valence-electron chi connectivity index (χ1n) is 12.2. The molecule has 4 rings (SSSR count). The Morgan fingerprint density at radius 3 is 2.27 bits per heavy atom. The van der Waals surface area contributed by atoms with Gasteiger partial charge in [0.05, 0.1) is 16.5 Å². The zero-order valence-corrected chi connectivity index (χ0v) is 20.7. The first kappa shape index (κ1) is 28.9. The number of carbonyl (C=O) groups is 1. The molecular weight excluding hydrogens is 546 g/mol. The maximum absolute atomic E-state index is 13.1. The van der Waals surface area contributed by atoms with Gasteiger partial charge in [-0.1, -0.05) is 18.2 Å². The molecule has 0 fully saturated rings. The summed E-state index contributed by atoms with van der Waals surface area (Å²) in [5, 5.41) is 13.5.